The van der Waals surface area contributed by atoms with Crippen LogP contribution in [0.4, 0.5) is 17.3 Å². The summed E-state index contributed by atoms with van der Waals surface area (Å²) in [6, 6.07) is 0. The molecule has 1 nitrogen and oxygen atoms in total. The fourth-order valence-electron chi connectivity index (χ4n) is 0.856. The molecule has 0 aromatic carbocycles. The number of hydrogen-bond acceptors (Lipinski definition) is 1. The highest BCUT2D eigenvalue weighted by Gasteiger charge is 2.20. The number of nitrogens with zero attached hydrogens (tertiary/aromatic N) is 1. The molecule has 0 aliphatic carbocycles. The van der Waals surface area contributed by atoms with Crippen LogP contribution in [-0.2, 0) is 0 Å². The lowest BCUT2D eigenvalue weighted by Crippen LogP contribution is -2.23. The SMILES string of the molecule is CCCN(CC)CC.F[B-](F)(F)F. The molecule has 0 N–H and O–H groups in total. The third-order valence-corrected chi connectivity index (χ3v) is 1.43. The van der Waals surface area contributed by atoms with Crippen LogP contribution < -0.4 is 0 Å². The largest absolute Gasteiger partial charge is 0.673 e. The van der Waals surface area contributed by atoms with E-state index in [0.29, 0.717) is 0 Å². The third kappa shape index (κ3) is 24.5. The Labute approximate surface area is 77.2 Å². The summed E-state index contributed by atoms with van der Waals surface area (Å²) < 4.78 is 39.0. The van der Waals surface area contributed by atoms with Crippen molar-refractivity contribution in [3.63, 3.8) is 0 Å². The first-order valence-corrected chi connectivity index (χ1v) is 4.44. The Morgan fingerprint density at radius 2 is 1.23 bits per heavy atom. The summed E-state index contributed by atoms with van der Waals surface area (Å²) in [5.41, 5.74) is 0. The Morgan fingerprint density at radius 3 is 1.31 bits per heavy atom. The monoisotopic (exact) mass is 202 g/mol. The van der Waals surface area contributed by atoms with Gasteiger partial charge in [0.25, 0.3) is 0 Å². The second kappa shape index (κ2) is 8.35. The molecule has 0 heterocycles. The maximum absolute atomic E-state index is 9.75. The van der Waals surface area contributed by atoms with Crippen molar-refractivity contribution < 1.29 is 17.3 Å². The van der Waals surface area contributed by atoms with Gasteiger partial charge in [0.15, 0.2) is 0 Å². The molecule has 0 unspecified atom stereocenters. The van der Waals surface area contributed by atoms with Crippen LogP contribution in [0, 0.1) is 0 Å². The predicted molar refractivity (Wildman–Crippen MR) is 48.3 cm³/mol. The van der Waals surface area contributed by atoms with Gasteiger partial charge in [-0.15, -0.1) is 0 Å². The number of halogens is 4. The molecule has 0 aromatic heterocycles. The predicted octanol–water partition coefficient (Wildman–Crippen LogP) is 3.04. The lowest BCUT2D eigenvalue weighted by Gasteiger charge is -2.15. The van der Waals surface area contributed by atoms with Gasteiger partial charge in [0.2, 0.25) is 0 Å². The van der Waals surface area contributed by atoms with Gasteiger partial charge in [0.05, 0.1) is 0 Å². The highest BCUT2D eigenvalue weighted by atomic mass is 19.5. The van der Waals surface area contributed by atoms with E-state index in [1.165, 1.54) is 26.1 Å². The second-order valence-electron chi connectivity index (χ2n) is 2.52. The van der Waals surface area contributed by atoms with Gasteiger partial charge in [-0.2, -0.15) is 0 Å². The first kappa shape index (κ1) is 15.2. The van der Waals surface area contributed by atoms with Crippen LogP contribution in [0.25, 0.3) is 0 Å². The summed E-state index contributed by atoms with van der Waals surface area (Å²) in [5, 5.41) is 0. The van der Waals surface area contributed by atoms with Gasteiger partial charge in [0.1, 0.15) is 0 Å². The lowest BCUT2D eigenvalue weighted by molar-refractivity contribution is 0.304. The van der Waals surface area contributed by atoms with Gasteiger partial charge in [-0.3, -0.25) is 0 Å². The molecule has 0 amide bonds. The molecule has 6 heteroatoms. The Balaban J connectivity index is 0. The molecule has 0 spiro atoms. The first-order valence-electron chi connectivity index (χ1n) is 4.44. The standard InChI is InChI=1S/C7H17N.BF4/c1-4-7-8(5-2)6-3;2-1(3,4)5/h4-7H2,1-3H3;/q;-1. The summed E-state index contributed by atoms with van der Waals surface area (Å²) in [5.74, 6) is 0. The third-order valence-electron chi connectivity index (χ3n) is 1.43. The van der Waals surface area contributed by atoms with E-state index in [0.717, 1.165) is 0 Å². The van der Waals surface area contributed by atoms with Gasteiger partial charge in [-0.25, -0.2) is 0 Å². The zero-order valence-electron chi connectivity index (χ0n) is 8.36. The van der Waals surface area contributed by atoms with E-state index in [1.54, 1.807) is 0 Å². The molecule has 0 aromatic rings. The Morgan fingerprint density at radius 1 is 0.923 bits per heavy atom. The lowest BCUT2D eigenvalue weighted by atomic mass is 10.3. The van der Waals surface area contributed by atoms with Gasteiger partial charge < -0.3 is 22.2 Å². The van der Waals surface area contributed by atoms with E-state index >= 15 is 0 Å². The van der Waals surface area contributed by atoms with Crippen LogP contribution >= 0.6 is 0 Å². The van der Waals surface area contributed by atoms with Crippen LogP contribution in [0.15, 0.2) is 0 Å². The zero-order chi connectivity index (χ0) is 10.9. The van der Waals surface area contributed by atoms with E-state index < -0.39 is 7.25 Å². The minimum atomic E-state index is -6.00. The minimum Gasteiger partial charge on any atom is -0.418 e. The molecule has 0 atom stereocenters. The molecule has 0 aliphatic heterocycles. The summed E-state index contributed by atoms with van der Waals surface area (Å²) in [4.78, 5) is 2.43. The molecule has 0 rings (SSSR count). The van der Waals surface area contributed by atoms with Crippen molar-refractivity contribution in [1.29, 1.82) is 0 Å². The van der Waals surface area contributed by atoms with Gasteiger partial charge in [-0.05, 0) is 26.1 Å². The van der Waals surface area contributed by atoms with Gasteiger partial charge >= 0.3 is 7.25 Å². The van der Waals surface area contributed by atoms with Gasteiger partial charge in [-0.1, -0.05) is 20.8 Å². The fraction of sp³-hybridized carbons (Fsp3) is 1.00. The minimum absolute atomic E-state index is 1.20. The van der Waals surface area contributed by atoms with E-state index in [2.05, 4.69) is 25.7 Å². The smallest absolute Gasteiger partial charge is 0.418 e. The molecule has 0 saturated heterocycles. The zero-order valence-corrected chi connectivity index (χ0v) is 8.36. The van der Waals surface area contributed by atoms with E-state index in [9.17, 15) is 17.3 Å². The van der Waals surface area contributed by atoms with Crippen molar-refractivity contribution in [3.05, 3.63) is 0 Å². The molecule has 0 saturated carbocycles. The molecule has 0 radical (unpaired) electrons. The summed E-state index contributed by atoms with van der Waals surface area (Å²) >= 11 is 0. The van der Waals surface area contributed by atoms with Crippen molar-refractivity contribution in [2.45, 2.75) is 27.2 Å². The first-order chi connectivity index (χ1) is 5.85. The fourth-order valence-corrected chi connectivity index (χ4v) is 0.856. The highest BCUT2D eigenvalue weighted by Crippen LogP contribution is 2.06. The van der Waals surface area contributed by atoms with Gasteiger partial charge in [0, 0.05) is 0 Å². The van der Waals surface area contributed by atoms with Crippen LogP contribution in [0.5, 0.6) is 0 Å². The Kier molecular flexibility index (Phi) is 9.78. The maximum Gasteiger partial charge on any atom is 0.673 e. The summed E-state index contributed by atoms with van der Waals surface area (Å²) in [7, 11) is -6.00. The van der Waals surface area contributed by atoms with Crippen LogP contribution in [-0.4, -0.2) is 31.8 Å². The van der Waals surface area contributed by atoms with Crippen molar-refractivity contribution in [2.24, 2.45) is 0 Å². The summed E-state index contributed by atoms with van der Waals surface area (Å²) in [6.07, 6.45) is 1.28. The average molecular weight is 202 g/mol. The molecular weight excluding hydrogens is 185 g/mol. The van der Waals surface area contributed by atoms with E-state index in [1.807, 2.05) is 0 Å². The van der Waals surface area contributed by atoms with Crippen molar-refractivity contribution in [2.75, 3.05) is 19.6 Å². The normalized spacial score (nSPS) is 11.1. The van der Waals surface area contributed by atoms with Crippen molar-refractivity contribution >= 4 is 7.25 Å². The van der Waals surface area contributed by atoms with Crippen LogP contribution in [0.1, 0.15) is 27.2 Å². The van der Waals surface area contributed by atoms with E-state index in [-0.39, 0.29) is 0 Å². The molecule has 0 aliphatic rings. The number of rotatable bonds is 4. The number of hydrogen-bond donors (Lipinski definition) is 0. The summed E-state index contributed by atoms with van der Waals surface area (Å²) in [6.45, 7) is 10.3. The van der Waals surface area contributed by atoms with E-state index in [4.69, 9.17) is 0 Å². The quantitative estimate of drug-likeness (QED) is 0.500. The molecular formula is C7H17BF4N-. The Bertz CT molecular complexity index is 97.2. The van der Waals surface area contributed by atoms with Crippen LogP contribution in [0.3, 0.4) is 0 Å². The van der Waals surface area contributed by atoms with Crippen LogP contribution in [0.2, 0.25) is 0 Å². The highest BCUT2D eigenvalue weighted by molar-refractivity contribution is 6.50. The molecule has 82 valence electrons. The second-order valence-corrected chi connectivity index (χ2v) is 2.52. The molecule has 0 bridgehead atoms. The topological polar surface area (TPSA) is 3.24 Å². The Hall–Kier alpha value is -0.255. The average Bonchev–Trinajstić information content (AvgIpc) is 1.97. The molecule has 13 heavy (non-hydrogen) atoms. The molecule has 0 fully saturated rings. The van der Waals surface area contributed by atoms with Crippen molar-refractivity contribution in [3.8, 4) is 0 Å². The maximum atomic E-state index is 9.75. The van der Waals surface area contributed by atoms with Crippen molar-refractivity contribution in [1.82, 2.24) is 4.90 Å².